The Kier molecular flexibility index (Phi) is 6.59. The van der Waals surface area contributed by atoms with Gasteiger partial charge in [-0.25, -0.2) is 4.98 Å². The summed E-state index contributed by atoms with van der Waals surface area (Å²) in [5.41, 5.74) is 6.89. The molecule has 0 aliphatic heterocycles. The van der Waals surface area contributed by atoms with Crippen molar-refractivity contribution in [3.8, 4) is 11.5 Å². The first kappa shape index (κ1) is 18.2. The second-order valence-corrected chi connectivity index (χ2v) is 5.16. The normalized spacial score (nSPS) is 10.9. The Morgan fingerprint density at radius 3 is 2.50 bits per heavy atom. The van der Waals surface area contributed by atoms with E-state index in [1.54, 1.807) is 0 Å². The molecule has 5 nitrogen and oxygen atoms in total. The van der Waals surface area contributed by atoms with Crippen molar-refractivity contribution in [2.75, 3.05) is 6.54 Å². The van der Waals surface area contributed by atoms with E-state index in [-0.39, 0.29) is 29.5 Å². The summed E-state index contributed by atoms with van der Waals surface area (Å²) >= 11 is 0. The minimum atomic E-state index is -0.373. The third-order valence-corrected chi connectivity index (χ3v) is 3.77. The van der Waals surface area contributed by atoms with Gasteiger partial charge in [0.15, 0.2) is 5.69 Å². The first-order valence-electron chi connectivity index (χ1n) is 7.16. The van der Waals surface area contributed by atoms with E-state index < -0.39 is 0 Å². The number of hydrogen-bond donors (Lipinski definition) is 2. The zero-order valence-corrected chi connectivity index (χ0v) is 13.7. The number of oxazole rings is 1. The lowest BCUT2D eigenvalue weighted by atomic mass is 9.94. The number of carbonyl (C=O) groups excluding carboxylic acids is 1. The maximum Gasteiger partial charge on any atom is 0.273 e. The number of nitrogens with zero attached hydrogens (tertiary/aromatic N) is 1. The van der Waals surface area contributed by atoms with Crippen LogP contribution in [0.1, 0.15) is 37.2 Å². The molecule has 1 amide bonds. The van der Waals surface area contributed by atoms with Crippen LogP contribution in [0.4, 0.5) is 0 Å². The molecule has 2 rings (SSSR count). The predicted octanol–water partition coefficient (Wildman–Crippen LogP) is 3.01. The lowest BCUT2D eigenvalue weighted by Crippen LogP contribution is -2.49. The van der Waals surface area contributed by atoms with E-state index in [0.717, 1.165) is 18.4 Å². The molecular weight excluding hydrogens is 302 g/mol. The van der Waals surface area contributed by atoms with E-state index in [1.165, 1.54) is 6.26 Å². The van der Waals surface area contributed by atoms with E-state index in [2.05, 4.69) is 10.3 Å². The number of nitrogens with two attached hydrogens (primary N) is 1. The molecule has 120 valence electrons. The molecule has 1 heterocycles. The van der Waals surface area contributed by atoms with Gasteiger partial charge in [0.2, 0.25) is 5.89 Å². The summed E-state index contributed by atoms with van der Waals surface area (Å²) in [6.45, 7) is 4.45. The minimum absolute atomic E-state index is 0. The van der Waals surface area contributed by atoms with Crippen molar-refractivity contribution >= 4 is 18.3 Å². The number of hydrogen-bond acceptors (Lipinski definition) is 4. The van der Waals surface area contributed by atoms with Crippen molar-refractivity contribution < 1.29 is 9.21 Å². The zero-order valence-electron chi connectivity index (χ0n) is 12.8. The lowest BCUT2D eigenvalue weighted by Gasteiger charge is -2.26. The van der Waals surface area contributed by atoms with E-state index in [1.807, 2.05) is 44.2 Å². The van der Waals surface area contributed by atoms with E-state index >= 15 is 0 Å². The summed E-state index contributed by atoms with van der Waals surface area (Å²) in [6.07, 6.45) is 2.98. The molecule has 22 heavy (non-hydrogen) atoms. The smallest absolute Gasteiger partial charge is 0.273 e. The van der Waals surface area contributed by atoms with Gasteiger partial charge in [-0.2, -0.15) is 0 Å². The Morgan fingerprint density at radius 1 is 1.27 bits per heavy atom. The van der Waals surface area contributed by atoms with Gasteiger partial charge in [-0.05, 0) is 25.0 Å². The number of carbonyl (C=O) groups is 1. The van der Waals surface area contributed by atoms with Crippen molar-refractivity contribution in [3.05, 3.63) is 42.3 Å². The molecule has 0 fully saturated rings. The van der Waals surface area contributed by atoms with Crippen molar-refractivity contribution in [2.45, 2.75) is 32.2 Å². The molecule has 0 aliphatic carbocycles. The fourth-order valence-corrected chi connectivity index (χ4v) is 1.94. The van der Waals surface area contributed by atoms with Gasteiger partial charge in [-0.3, -0.25) is 4.79 Å². The van der Waals surface area contributed by atoms with Crippen LogP contribution in [0.5, 0.6) is 0 Å². The molecule has 0 bridgehead atoms. The van der Waals surface area contributed by atoms with Crippen LogP contribution in [-0.4, -0.2) is 23.0 Å². The van der Waals surface area contributed by atoms with Gasteiger partial charge in [0.25, 0.3) is 5.91 Å². The summed E-state index contributed by atoms with van der Waals surface area (Å²) in [5.74, 6) is 0.170. The van der Waals surface area contributed by atoms with E-state index in [4.69, 9.17) is 10.2 Å². The molecule has 6 heteroatoms. The van der Waals surface area contributed by atoms with Crippen LogP contribution in [-0.2, 0) is 0 Å². The Labute approximate surface area is 136 Å². The highest BCUT2D eigenvalue weighted by molar-refractivity contribution is 5.92. The van der Waals surface area contributed by atoms with Gasteiger partial charge >= 0.3 is 0 Å². The van der Waals surface area contributed by atoms with Crippen LogP contribution in [0.2, 0.25) is 0 Å². The number of amides is 1. The monoisotopic (exact) mass is 323 g/mol. The van der Waals surface area contributed by atoms with Gasteiger partial charge in [0.05, 0.1) is 0 Å². The van der Waals surface area contributed by atoms with Crippen molar-refractivity contribution in [1.82, 2.24) is 10.3 Å². The second-order valence-electron chi connectivity index (χ2n) is 5.16. The number of halogens is 1. The van der Waals surface area contributed by atoms with Gasteiger partial charge < -0.3 is 15.5 Å². The second kappa shape index (κ2) is 7.96. The largest absolute Gasteiger partial charge is 0.444 e. The van der Waals surface area contributed by atoms with Gasteiger partial charge in [-0.15, -0.1) is 12.4 Å². The Hall–Kier alpha value is -1.85. The molecule has 0 saturated carbocycles. The quantitative estimate of drug-likeness (QED) is 0.856. The highest BCUT2D eigenvalue weighted by atomic mass is 35.5. The number of aromatic nitrogens is 1. The maximum atomic E-state index is 12.1. The lowest BCUT2D eigenvalue weighted by molar-refractivity contribution is 0.0937. The Morgan fingerprint density at radius 2 is 1.91 bits per heavy atom. The van der Waals surface area contributed by atoms with Crippen molar-refractivity contribution in [2.24, 2.45) is 5.73 Å². The van der Waals surface area contributed by atoms with Crippen LogP contribution >= 0.6 is 12.4 Å². The maximum absolute atomic E-state index is 12.1. The minimum Gasteiger partial charge on any atom is -0.444 e. The Bertz CT molecular complexity index is 594. The zero-order chi connectivity index (χ0) is 15.3. The molecule has 3 N–H and O–H groups in total. The third-order valence-electron chi connectivity index (χ3n) is 3.77. The summed E-state index contributed by atoms with van der Waals surface area (Å²) < 4.78 is 5.35. The SMILES string of the molecule is CCC(N)(CC)CNC(=O)c1coc(-c2ccccc2)n1.Cl. The molecule has 1 aromatic carbocycles. The number of nitrogens with one attached hydrogen (secondary N) is 1. The summed E-state index contributed by atoms with van der Waals surface area (Å²) in [6, 6.07) is 9.46. The molecule has 0 radical (unpaired) electrons. The third kappa shape index (κ3) is 4.32. The highest BCUT2D eigenvalue weighted by Crippen LogP contribution is 2.18. The van der Waals surface area contributed by atoms with Crippen LogP contribution < -0.4 is 11.1 Å². The topological polar surface area (TPSA) is 81.1 Å². The predicted molar refractivity (Wildman–Crippen MR) is 89.0 cm³/mol. The summed E-state index contributed by atoms with van der Waals surface area (Å²) in [5, 5.41) is 2.82. The van der Waals surface area contributed by atoms with Crippen LogP contribution in [0.15, 0.2) is 41.0 Å². The van der Waals surface area contributed by atoms with Crippen molar-refractivity contribution in [3.63, 3.8) is 0 Å². The van der Waals surface area contributed by atoms with Crippen molar-refractivity contribution in [1.29, 1.82) is 0 Å². The molecule has 1 aromatic heterocycles. The van der Waals surface area contributed by atoms with Gasteiger partial charge in [0.1, 0.15) is 6.26 Å². The van der Waals surface area contributed by atoms with Crippen LogP contribution in [0, 0.1) is 0 Å². The highest BCUT2D eigenvalue weighted by Gasteiger charge is 2.22. The molecule has 0 unspecified atom stereocenters. The fourth-order valence-electron chi connectivity index (χ4n) is 1.94. The van der Waals surface area contributed by atoms with Gasteiger partial charge in [-0.1, -0.05) is 32.0 Å². The molecular formula is C16H22ClN3O2. The summed E-state index contributed by atoms with van der Waals surface area (Å²) in [7, 11) is 0. The average molecular weight is 324 g/mol. The summed E-state index contributed by atoms with van der Waals surface area (Å²) in [4.78, 5) is 16.3. The molecule has 0 saturated heterocycles. The average Bonchev–Trinajstić information content (AvgIpc) is 3.03. The first-order valence-corrected chi connectivity index (χ1v) is 7.16. The van der Waals surface area contributed by atoms with Crippen LogP contribution in [0.25, 0.3) is 11.5 Å². The molecule has 0 spiro atoms. The van der Waals surface area contributed by atoms with Gasteiger partial charge in [0, 0.05) is 17.6 Å². The number of rotatable bonds is 6. The van der Waals surface area contributed by atoms with E-state index in [0.29, 0.717) is 12.4 Å². The number of benzene rings is 1. The first-order chi connectivity index (χ1) is 10.1. The standard InChI is InChI=1S/C16H21N3O2.ClH/c1-3-16(17,4-2)11-18-14(20)13-10-21-15(19-13)12-8-6-5-7-9-12;/h5-10H,3-4,11,17H2,1-2H3,(H,18,20);1H. The molecule has 0 atom stereocenters. The van der Waals surface area contributed by atoms with Crippen LogP contribution in [0.3, 0.4) is 0 Å². The van der Waals surface area contributed by atoms with E-state index in [9.17, 15) is 4.79 Å². The molecule has 2 aromatic rings. The fraction of sp³-hybridized carbons (Fsp3) is 0.375. The molecule has 0 aliphatic rings. The Balaban J connectivity index is 0.00000242.